The molecular formula is C60H62Br4Cl5F3N4O10. The molecule has 0 bridgehead atoms. The van der Waals surface area contributed by atoms with Crippen LogP contribution in [0.15, 0.2) is 90.7 Å². The third-order valence-electron chi connectivity index (χ3n) is 12.5. The predicted molar refractivity (Wildman–Crippen MR) is 349 cm³/mol. The van der Waals surface area contributed by atoms with E-state index in [1.165, 1.54) is 36.4 Å². The molecule has 1 amide bonds. The first-order chi connectivity index (χ1) is 40.5. The SMILES string of the molecule is CCC(C)Nc1cc(Cl)cc(COc2c(Br)cc(C(=O)NCC(=O)O)cc2Br)c1F.CCC(C)Nc1cc(Cl)cc(COc2c(Br)cc(CCC(=O)O)cc2Br)c1F.CCC(C)Nc1cc(Cl)cc(COc2c(Cl)cc(CCC(=O)O)cc2Cl)c1F. The predicted octanol–water partition coefficient (Wildman–Crippen LogP) is 19.0. The standard InChI is InChI=1S/C20H20Br2ClFN2O4.C20H21Br2ClFNO3.C20H21Cl3FNO3/c1-3-10(2)26-16-7-13(23)4-12(18(16)24)9-30-19-14(21)5-11(6-15(19)22)20(29)25-8-17(27)28;1-3-11(2)25-17-9-14(23)8-13(19(17)24)10-28-20-15(21)6-12(7-16(20)22)4-5-18(26)27;1-3-11(2)25-17-9-14(21)8-13(19(17)24)10-28-20-15(22)6-12(7-16(20)23)4-5-18(26)27/h4-7,10,26H,3,8-9H2,1-2H3,(H,25,29)(H,27,28);2*6-9,11,25H,3-5,10H2,1-2H3,(H,26,27). The lowest BCUT2D eigenvalue weighted by Gasteiger charge is -2.17. The molecule has 14 nitrogen and oxygen atoms in total. The van der Waals surface area contributed by atoms with Gasteiger partial charge in [-0.05, 0) is 201 Å². The van der Waals surface area contributed by atoms with Crippen molar-refractivity contribution >= 4 is 163 Å². The topological polar surface area (TPSA) is 205 Å². The van der Waals surface area contributed by atoms with Crippen molar-refractivity contribution in [2.45, 2.75) is 124 Å². The van der Waals surface area contributed by atoms with Crippen molar-refractivity contribution in [3.05, 3.63) is 167 Å². The van der Waals surface area contributed by atoms with E-state index in [0.29, 0.717) is 85.5 Å². The first-order valence-corrected chi connectivity index (χ1v) is 31.6. The quantitative estimate of drug-likeness (QED) is 0.0257. The fourth-order valence-corrected chi connectivity index (χ4v) is 11.8. The molecule has 0 aliphatic carbocycles. The lowest BCUT2D eigenvalue weighted by molar-refractivity contribution is -0.138. The molecule has 0 spiro atoms. The Morgan fingerprint density at radius 2 is 0.791 bits per heavy atom. The highest BCUT2D eigenvalue weighted by molar-refractivity contribution is 9.11. The first-order valence-electron chi connectivity index (χ1n) is 26.5. The zero-order valence-corrected chi connectivity index (χ0v) is 57.3. The minimum absolute atomic E-state index is 0.00669. The van der Waals surface area contributed by atoms with Crippen molar-refractivity contribution in [3.8, 4) is 17.2 Å². The van der Waals surface area contributed by atoms with E-state index in [4.69, 9.17) is 87.5 Å². The lowest BCUT2D eigenvalue weighted by Crippen LogP contribution is -2.29. The van der Waals surface area contributed by atoms with Gasteiger partial charge in [-0.3, -0.25) is 19.2 Å². The first kappa shape index (κ1) is 73.6. The molecule has 6 rings (SSSR count). The zero-order valence-electron chi connectivity index (χ0n) is 47.2. The number of carboxylic acids is 3. The molecule has 0 aliphatic rings. The van der Waals surface area contributed by atoms with Crippen LogP contribution in [0.4, 0.5) is 30.2 Å². The van der Waals surface area contributed by atoms with Gasteiger partial charge in [-0.1, -0.05) is 78.8 Å². The van der Waals surface area contributed by atoms with E-state index in [9.17, 15) is 32.3 Å². The molecule has 26 heteroatoms. The number of hydrogen-bond donors (Lipinski definition) is 7. The van der Waals surface area contributed by atoms with Gasteiger partial charge in [0.25, 0.3) is 5.91 Å². The van der Waals surface area contributed by atoms with E-state index in [1.54, 1.807) is 36.4 Å². The van der Waals surface area contributed by atoms with E-state index in [1.807, 2.05) is 41.5 Å². The van der Waals surface area contributed by atoms with E-state index in [2.05, 4.69) is 85.0 Å². The van der Waals surface area contributed by atoms with Crippen LogP contribution in [-0.4, -0.2) is 63.8 Å². The van der Waals surface area contributed by atoms with Crippen LogP contribution in [0.5, 0.6) is 17.2 Å². The molecule has 7 N–H and O–H groups in total. The highest BCUT2D eigenvalue weighted by Gasteiger charge is 2.21. The van der Waals surface area contributed by atoms with Crippen LogP contribution >= 0.6 is 122 Å². The molecule has 86 heavy (non-hydrogen) atoms. The Morgan fingerprint density at radius 1 is 0.477 bits per heavy atom. The maximum atomic E-state index is 14.8. The van der Waals surface area contributed by atoms with Gasteiger partial charge in [0, 0.05) is 68.3 Å². The molecule has 0 aromatic heterocycles. The van der Waals surface area contributed by atoms with Crippen LogP contribution in [0, 0.1) is 17.5 Å². The summed E-state index contributed by atoms with van der Waals surface area (Å²) in [6, 6.07) is 19.2. The molecule has 0 aliphatic heterocycles. The second kappa shape index (κ2) is 36.0. The average molecular weight is 1550 g/mol. The number of aliphatic carboxylic acids is 3. The molecular weight excluding hydrogens is 1490 g/mol. The van der Waals surface area contributed by atoms with Crippen molar-refractivity contribution in [1.82, 2.24) is 5.32 Å². The summed E-state index contributed by atoms with van der Waals surface area (Å²) in [5.41, 5.74) is 3.60. The Morgan fingerprint density at radius 3 is 1.10 bits per heavy atom. The molecule has 0 saturated heterocycles. The number of hydrogen-bond acceptors (Lipinski definition) is 10. The van der Waals surface area contributed by atoms with Crippen molar-refractivity contribution in [2.75, 3.05) is 22.5 Å². The van der Waals surface area contributed by atoms with E-state index < -0.39 is 47.8 Å². The fraction of sp³-hybridized carbons (Fsp3) is 0.333. The van der Waals surface area contributed by atoms with Gasteiger partial charge in [0.15, 0.2) is 23.2 Å². The van der Waals surface area contributed by atoms with Gasteiger partial charge in [0.1, 0.15) is 37.9 Å². The average Bonchev–Trinajstić information content (AvgIpc) is 3.13. The second-order valence-corrected chi connectivity index (χ2v) is 25.0. The number of carboxylic acid groups (broad SMARTS) is 3. The van der Waals surface area contributed by atoms with Gasteiger partial charge in [0.05, 0.1) is 45.0 Å². The van der Waals surface area contributed by atoms with Gasteiger partial charge in [-0.2, -0.15) is 0 Å². The number of aryl methyl sites for hydroxylation is 2. The van der Waals surface area contributed by atoms with Crippen LogP contribution < -0.4 is 35.5 Å². The molecule has 0 heterocycles. The minimum atomic E-state index is -1.15. The van der Waals surface area contributed by atoms with E-state index >= 15 is 0 Å². The van der Waals surface area contributed by atoms with E-state index in [0.717, 1.165) is 24.8 Å². The molecule has 0 saturated carbocycles. The molecule has 0 fully saturated rings. The molecule has 466 valence electrons. The summed E-state index contributed by atoms with van der Waals surface area (Å²) in [7, 11) is 0. The zero-order chi connectivity index (χ0) is 64.1. The highest BCUT2D eigenvalue weighted by Crippen LogP contribution is 2.39. The maximum Gasteiger partial charge on any atom is 0.322 e. The number of carbonyl (C=O) groups is 4. The third-order valence-corrected chi connectivity index (χ3v) is 16.1. The number of ether oxygens (including phenoxy) is 3. The van der Waals surface area contributed by atoms with Crippen LogP contribution in [0.2, 0.25) is 25.1 Å². The summed E-state index contributed by atoms with van der Waals surface area (Å²) in [6.45, 7) is 11.1. The van der Waals surface area contributed by atoms with Gasteiger partial charge in [-0.25, -0.2) is 13.2 Å². The van der Waals surface area contributed by atoms with Crippen LogP contribution in [0.1, 0.15) is 112 Å². The van der Waals surface area contributed by atoms with Gasteiger partial charge < -0.3 is 50.8 Å². The van der Waals surface area contributed by atoms with Crippen molar-refractivity contribution in [2.24, 2.45) is 0 Å². The number of carbonyl (C=O) groups excluding carboxylic acids is 1. The summed E-state index contributed by atoms with van der Waals surface area (Å²) < 4.78 is 63.9. The monoisotopic (exact) mass is 1550 g/mol. The summed E-state index contributed by atoms with van der Waals surface area (Å²) in [5, 5.41) is 39.5. The molecule has 3 atom stereocenters. The number of rotatable bonds is 27. The Kier molecular flexibility index (Phi) is 30.8. The normalized spacial score (nSPS) is 11.8. The summed E-state index contributed by atoms with van der Waals surface area (Å²) in [4.78, 5) is 44.1. The lowest BCUT2D eigenvalue weighted by atomic mass is 10.1. The summed E-state index contributed by atoms with van der Waals surface area (Å²) >= 11 is 44.3. The number of amides is 1. The number of nitrogens with one attached hydrogen (secondary N) is 4. The van der Waals surface area contributed by atoms with Gasteiger partial charge >= 0.3 is 17.9 Å². The van der Waals surface area contributed by atoms with Crippen molar-refractivity contribution < 1.29 is 61.9 Å². The highest BCUT2D eigenvalue weighted by atomic mass is 79.9. The van der Waals surface area contributed by atoms with Gasteiger partial charge in [0.2, 0.25) is 0 Å². The Labute approximate surface area is 556 Å². The fourth-order valence-electron chi connectivity index (χ4n) is 7.50. The Hall–Kier alpha value is -4.84. The summed E-state index contributed by atoms with van der Waals surface area (Å²) in [5.74, 6) is -3.67. The third kappa shape index (κ3) is 23.6. The molecule has 6 aromatic rings. The second-order valence-electron chi connectivity index (χ2n) is 19.4. The molecule has 3 unspecified atom stereocenters. The molecule has 6 aromatic carbocycles. The van der Waals surface area contributed by atoms with Crippen LogP contribution in [0.3, 0.4) is 0 Å². The summed E-state index contributed by atoms with van der Waals surface area (Å²) in [6.07, 6.45) is 3.21. The largest absolute Gasteiger partial charge is 0.486 e. The smallest absolute Gasteiger partial charge is 0.322 e. The number of benzene rings is 6. The minimum Gasteiger partial charge on any atom is -0.486 e. The Balaban J connectivity index is 0.000000277. The van der Waals surface area contributed by atoms with Crippen LogP contribution in [-0.2, 0) is 47.0 Å². The maximum absolute atomic E-state index is 14.8. The van der Waals surface area contributed by atoms with Crippen molar-refractivity contribution in [1.29, 1.82) is 0 Å². The number of anilines is 3. The van der Waals surface area contributed by atoms with Crippen molar-refractivity contribution in [3.63, 3.8) is 0 Å². The number of halogens is 12. The molecule has 0 radical (unpaired) electrons. The van der Waals surface area contributed by atoms with Crippen LogP contribution in [0.25, 0.3) is 0 Å². The Bertz CT molecular complexity index is 3170. The van der Waals surface area contributed by atoms with Gasteiger partial charge in [-0.15, -0.1) is 0 Å². The van der Waals surface area contributed by atoms with E-state index in [-0.39, 0.29) is 83.3 Å².